The highest BCUT2D eigenvalue weighted by Gasteiger charge is 2.40. The van der Waals surface area contributed by atoms with Crippen LogP contribution in [0.2, 0.25) is 0 Å². The maximum Gasteiger partial charge on any atom is 0.328 e. The van der Waals surface area contributed by atoms with Gasteiger partial charge >= 0.3 is 5.97 Å². The summed E-state index contributed by atoms with van der Waals surface area (Å²) in [7, 11) is 0. The fourth-order valence-electron chi connectivity index (χ4n) is 1.25. The van der Waals surface area contributed by atoms with Gasteiger partial charge in [0.05, 0.1) is 0 Å². The fraction of sp³-hybridized carbons (Fsp3) is 0.300. The van der Waals surface area contributed by atoms with Gasteiger partial charge < -0.3 is 15.3 Å². The van der Waals surface area contributed by atoms with Crippen LogP contribution in [0.15, 0.2) is 24.3 Å². The summed E-state index contributed by atoms with van der Waals surface area (Å²) in [5.74, 6) is 3.90. The van der Waals surface area contributed by atoms with Crippen LogP contribution in [0.1, 0.15) is 18.6 Å². The molecule has 0 saturated heterocycles. The molecule has 0 spiro atoms. The molecular weight excluding hydrogens is 212 g/mol. The van der Waals surface area contributed by atoms with Gasteiger partial charge in [0.1, 0.15) is 11.9 Å². The number of aliphatic hydroxyl groups is 1. The van der Waals surface area contributed by atoms with Crippen molar-refractivity contribution in [1.82, 2.24) is 5.43 Å². The normalized spacial score (nSPS) is 16.4. The van der Waals surface area contributed by atoms with Gasteiger partial charge in [-0.05, 0) is 24.6 Å². The third-order valence-electron chi connectivity index (χ3n) is 2.50. The molecule has 0 fully saturated rings. The molecule has 16 heavy (non-hydrogen) atoms. The number of phenols is 1. The number of benzene rings is 1. The number of hydrazine groups is 1. The quantitative estimate of drug-likeness (QED) is 0.356. The van der Waals surface area contributed by atoms with E-state index in [-0.39, 0.29) is 5.75 Å². The molecule has 6 nitrogen and oxygen atoms in total. The van der Waals surface area contributed by atoms with Crippen molar-refractivity contribution >= 4 is 5.97 Å². The maximum absolute atomic E-state index is 11.0. The topological polar surface area (TPSA) is 116 Å². The number of carboxylic acid groups (broad SMARTS) is 1. The third kappa shape index (κ3) is 2.13. The smallest absolute Gasteiger partial charge is 0.328 e. The van der Waals surface area contributed by atoms with Crippen molar-refractivity contribution in [3.05, 3.63) is 29.8 Å². The molecule has 2 atom stereocenters. The number of carbonyl (C=O) groups is 1. The number of aliphatic carboxylic acids is 1. The van der Waals surface area contributed by atoms with Crippen LogP contribution in [0, 0.1) is 0 Å². The highest BCUT2D eigenvalue weighted by Crippen LogP contribution is 2.26. The molecule has 0 aliphatic carbocycles. The van der Waals surface area contributed by atoms with Crippen molar-refractivity contribution in [2.24, 2.45) is 5.84 Å². The van der Waals surface area contributed by atoms with Crippen LogP contribution in [0.3, 0.4) is 0 Å². The molecule has 1 rings (SSSR count). The lowest BCUT2D eigenvalue weighted by Crippen LogP contribution is -2.57. The third-order valence-corrected chi connectivity index (χ3v) is 2.50. The minimum absolute atomic E-state index is 0.0358. The minimum atomic E-state index is -1.68. The van der Waals surface area contributed by atoms with Crippen LogP contribution in [-0.2, 0) is 4.79 Å². The summed E-state index contributed by atoms with van der Waals surface area (Å²) in [5.41, 5.74) is 0.743. The van der Waals surface area contributed by atoms with Crippen molar-refractivity contribution in [3.63, 3.8) is 0 Å². The summed E-state index contributed by atoms with van der Waals surface area (Å²) in [5, 5.41) is 27.9. The predicted molar refractivity (Wildman–Crippen MR) is 56.4 cm³/mol. The van der Waals surface area contributed by atoms with Crippen LogP contribution < -0.4 is 11.3 Å². The Kier molecular flexibility index (Phi) is 3.48. The highest BCUT2D eigenvalue weighted by molar-refractivity contribution is 5.79. The minimum Gasteiger partial charge on any atom is -0.508 e. The Labute approximate surface area is 92.3 Å². The summed E-state index contributed by atoms with van der Waals surface area (Å²) in [6.07, 6.45) is -1.32. The second-order valence-corrected chi connectivity index (χ2v) is 3.65. The van der Waals surface area contributed by atoms with Gasteiger partial charge in [0.25, 0.3) is 0 Å². The zero-order chi connectivity index (χ0) is 12.3. The second-order valence-electron chi connectivity index (χ2n) is 3.65. The first-order valence-electron chi connectivity index (χ1n) is 4.60. The van der Waals surface area contributed by atoms with E-state index < -0.39 is 17.6 Å². The Hall–Kier alpha value is -1.63. The van der Waals surface area contributed by atoms with E-state index in [9.17, 15) is 9.90 Å². The van der Waals surface area contributed by atoms with Gasteiger partial charge in [0, 0.05) is 0 Å². The molecule has 0 aliphatic heterocycles. The molecule has 6 N–H and O–H groups in total. The van der Waals surface area contributed by atoms with Crippen LogP contribution in [-0.4, -0.2) is 26.8 Å². The number of phenolic OH excluding ortho intramolecular Hbond substituents is 1. The first-order valence-corrected chi connectivity index (χ1v) is 4.60. The van der Waals surface area contributed by atoms with Crippen LogP contribution in [0.4, 0.5) is 0 Å². The monoisotopic (exact) mass is 226 g/mol. The van der Waals surface area contributed by atoms with Crippen LogP contribution in [0.25, 0.3) is 0 Å². The molecule has 1 aromatic rings. The fourth-order valence-corrected chi connectivity index (χ4v) is 1.25. The average molecular weight is 226 g/mol. The average Bonchev–Trinajstić information content (AvgIpc) is 2.27. The van der Waals surface area contributed by atoms with E-state index >= 15 is 0 Å². The largest absolute Gasteiger partial charge is 0.508 e. The number of hydrogen-bond donors (Lipinski definition) is 5. The summed E-state index contributed by atoms with van der Waals surface area (Å²) in [6, 6.07) is 5.58. The molecule has 0 saturated carbocycles. The van der Waals surface area contributed by atoms with Gasteiger partial charge in [-0.15, -0.1) is 0 Å². The van der Waals surface area contributed by atoms with Crippen molar-refractivity contribution in [2.45, 2.75) is 18.6 Å². The van der Waals surface area contributed by atoms with Crippen molar-refractivity contribution < 1.29 is 20.1 Å². The van der Waals surface area contributed by atoms with E-state index in [1.165, 1.54) is 31.2 Å². The molecule has 6 heteroatoms. The summed E-state index contributed by atoms with van der Waals surface area (Å²) in [4.78, 5) is 11.0. The Balaban J connectivity index is 3.04. The van der Waals surface area contributed by atoms with Crippen molar-refractivity contribution in [3.8, 4) is 5.75 Å². The Morgan fingerprint density at radius 3 is 2.31 bits per heavy atom. The predicted octanol–water partition coefficient (Wildman–Crippen LogP) is -0.268. The summed E-state index contributed by atoms with van der Waals surface area (Å²) < 4.78 is 0. The lowest BCUT2D eigenvalue weighted by atomic mass is 9.90. The van der Waals surface area contributed by atoms with Crippen LogP contribution in [0.5, 0.6) is 5.75 Å². The lowest BCUT2D eigenvalue weighted by Gasteiger charge is -2.29. The molecule has 0 heterocycles. The van der Waals surface area contributed by atoms with Crippen molar-refractivity contribution in [1.29, 1.82) is 0 Å². The van der Waals surface area contributed by atoms with Gasteiger partial charge in [-0.2, -0.15) is 0 Å². The highest BCUT2D eigenvalue weighted by atomic mass is 16.4. The first-order chi connectivity index (χ1) is 7.41. The number of hydrogen-bond acceptors (Lipinski definition) is 5. The first kappa shape index (κ1) is 12.4. The SMILES string of the molecule is CC(NN)(C(=O)O)C(O)c1ccc(O)cc1. The molecule has 0 aliphatic rings. The molecule has 0 bridgehead atoms. The van der Waals surface area contributed by atoms with E-state index in [1.54, 1.807) is 0 Å². The number of rotatable bonds is 4. The van der Waals surface area contributed by atoms with Gasteiger partial charge in [-0.3, -0.25) is 10.6 Å². The lowest BCUT2D eigenvalue weighted by molar-refractivity contribution is -0.149. The Morgan fingerprint density at radius 2 is 1.94 bits per heavy atom. The number of nitrogens with two attached hydrogens (primary N) is 1. The Morgan fingerprint density at radius 1 is 1.44 bits per heavy atom. The van der Waals surface area contributed by atoms with Gasteiger partial charge in [-0.1, -0.05) is 12.1 Å². The molecule has 2 unspecified atom stereocenters. The van der Waals surface area contributed by atoms with E-state index in [0.29, 0.717) is 5.56 Å². The van der Waals surface area contributed by atoms with E-state index in [2.05, 4.69) is 5.43 Å². The number of aliphatic hydroxyl groups excluding tert-OH is 1. The number of nitrogens with one attached hydrogen (secondary N) is 1. The zero-order valence-corrected chi connectivity index (χ0v) is 8.71. The maximum atomic E-state index is 11.0. The van der Waals surface area contributed by atoms with Gasteiger partial charge in [0.15, 0.2) is 5.54 Å². The van der Waals surface area contributed by atoms with Crippen LogP contribution >= 0.6 is 0 Å². The molecule has 88 valence electrons. The van der Waals surface area contributed by atoms with E-state index in [1.807, 2.05) is 0 Å². The molecule has 0 aromatic heterocycles. The number of carboxylic acids is 1. The summed E-state index contributed by atoms with van der Waals surface area (Å²) in [6.45, 7) is 1.27. The van der Waals surface area contributed by atoms with Gasteiger partial charge in [-0.25, -0.2) is 5.43 Å². The van der Waals surface area contributed by atoms with Crippen molar-refractivity contribution in [2.75, 3.05) is 0 Å². The van der Waals surface area contributed by atoms with Gasteiger partial charge in [0.2, 0.25) is 0 Å². The second kappa shape index (κ2) is 4.48. The molecule has 0 radical (unpaired) electrons. The molecular formula is C10H14N2O4. The Bertz CT molecular complexity index is 379. The van der Waals surface area contributed by atoms with E-state index in [4.69, 9.17) is 16.1 Å². The zero-order valence-electron chi connectivity index (χ0n) is 8.71. The standard InChI is InChI=1S/C10H14N2O4/c1-10(12-11,9(15)16)8(14)6-2-4-7(13)5-3-6/h2-5,8,12-14H,11H2,1H3,(H,15,16). The summed E-state index contributed by atoms with van der Waals surface area (Å²) >= 11 is 0. The number of aromatic hydroxyl groups is 1. The molecule has 1 aromatic carbocycles. The van der Waals surface area contributed by atoms with E-state index in [0.717, 1.165) is 0 Å². The molecule has 0 amide bonds.